The maximum absolute atomic E-state index is 12.9. The van der Waals surface area contributed by atoms with Crippen molar-refractivity contribution in [3.05, 3.63) is 65.7 Å². The molecule has 0 radical (unpaired) electrons. The van der Waals surface area contributed by atoms with Crippen molar-refractivity contribution < 1.29 is 41.4 Å². The Morgan fingerprint density at radius 3 is 2.17 bits per heavy atom. The van der Waals surface area contributed by atoms with Crippen molar-refractivity contribution >= 4 is 18.0 Å². The Bertz CT molecular complexity index is 877. The van der Waals surface area contributed by atoms with Gasteiger partial charge < -0.3 is 14.2 Å². The van der Waals surface area contributed by atoms with Gasteiger partial charge in [0.15, 0.2) is 0 Å². The maximum Gasteiger partial charge on any atom is 0.461 e. The Kier molecular flexibility index (Phi) is 7.97. The van der Waals surface area contributed by atoms with Crippen molar-refractivity contribution in [2.24, 2.45) is 0 Å². The van der Waals surface area contributed by atoms with Crippen LogP contribution in [0.1, 0.15) is 29.3 Å². The Morgan fingerprint density at radius 1 is 1.00 bits per heavy atom. The zero-order valence-corrected chi connectivity index (χ0v) is 15.8. The molecule has 2 aromatic rings. The largest absolute Gasteiger partial charge is 0.463 e. The lowest BCUT2D eigenvalue weighted by Gasteiger charge is -2.16. The van der Waals surface area contributed by atoms with Gasteiger partial charge in [0.05, 0.1) is 12.2 Å². The van der Waals surface area contributed by atoms with Crippen molar-refractivity contribution in [3.8, 4) is 11.5 Å². The van der Waals surface area contributed by atoms with Crippen LogP contribution >= 0.6 is 0 Å². The number of hydrogen-bond acceptors (Lipinski definition) is 5. The van der Waals surface area contributed by atoms with Crippen LogP contribution in [0.3, 0.4) is 0 Å². The van der Waals surface area contributed by atoms with Gasteiger partial charge in [-0.25, -0.2) is 9.59 Å². The molecule has 0 saturated heterocycles. The molecular formula is C21H18F4O5. The van der Waals surface area contributed by atoms with E-state index in [1.807, 2.05) is 6.92 Å². The van der Waals surface area contributed by atoms with Gasteiger partial charge in [0, 0.05) is 6.08 Å². The fraction of sp³-hybridized carbons (Fsp3) is 0.238. The van der Waals surface area contributed by atoms with Crippen LogP contribution in [0.5, 0.6) is 11.5 Å². The third kappa shape index (κ3) is 6.91. The van der Waals surface area contributed by atoms with Crippen LogP contribution in [0.25, 0.3) is 6.08 Å². The molecule has 0 aromatic heterocycles. The van der Waals surface area contributed by atoms with Crippen molar-refractivity contribution in [1.82, 2.24) is 0 Å². The molecule has 0 N–H and O–H groups in total. The molecule has 0 saturated carbocycles. The number of alkyl halides is 4. The van der Waals surface area contributed by atoms with Gasteiger partial charge in [-0.2, -0.15) is 17.6 Å². The minimum Gasteiger partial charge on any atom is -0.463 e. The van der Waals surface area contributed by atoms with E-state index >= 15 is 0 Å². The summed E-state index contributed by atoms with van der Waals surface area (Å²) in [6, 6.07) is 10.3. The quantitative estimate of drug-likeness (QED) is 0.241. The van der Waals surface area contributed by atoms with Crippen molar-refractivity contribution in [2.45, 2.75) is 25.9 Å². The smallest absolute Gasteiger partial charge is 0.461 e. The molecule has 0 unspecified atom stereocenters. The minimum absolute atomic E-state index is 0.00496. The summed E-state index contributed by atoms with van der Waals surface area (Å²) in [5.74, 6) is -1.57. The Hall–Kier alpha value is -3.36. The fourth-order valence-corrected chi connectivity index (χ4v) is 2.09. The first kappa shape index (κ1) is 22.9. The first-order valence-corrected chi connectivity index (χ1v) is 8.83. The van der Waals surface area contributed by atoms with Crippen LogP contribution in [-0.2, 0) is 9.53 Å². The zero-order chi connectivity index (χ0) is 22.1. The van der Waals surface area contributed by atoms with Gasteiger partial charge in [-0.05, 0) is 54.5 Å². The highest BCUT2D eigenvalue weighted by atomic mass is 19.3. The van der Waals surface area contributed by atoms with E-state index in [9.17, 15) is 27.2 Å². The summed E-state index contributed by atoms with van der Waals surface area (Å²) >= 11 is 0. The van der Waals surface area contributed by atoms with E-state index in [-0.39, 0.29) is 11.3 Å². The normalized spacial score (nSPS) is 11.5. The van der Waals surface area contributed by atoms with Crippen LogP contribution in [0.15, 0.2) is 54.6 Å². The van der Waals surface area contributed by atoms with Gasteiger partial charge in [0.2, 0.25) is 0 Å². The van der Waals surface area contributed by atoms with Gasteiger partial charge in [-0.3, -0.25) is 0 Å². The molecule has 0 atom stereocenters. The van der Waals surface area contributed by atoms with Crippen LogP contribution < -0.4 is 9.47 Å². The average Bonchev–Trinajstić information content (AvgIpc) is 2.71. The van der Waals surface area contributed by atoms with E-state index in [0.717, 1.165) is 30.7 Å². The Balaban J connectivity index is 1.94. The van der Waals surface area contributed by atoms with Gasteiger partial charge in [0.25, 0.3) is 0 Å². The number of carbonyl (C=O) groups is 2. The van der Waals surface area contributed by atoms with Gasteiger partial charge >= 0.3 is 24.5 Å². The Morgan fingerprint density at radius 2 is 1.60 bits per heavy atom. The van der Waals surface area contributed by atoms with Crippen LogP contribution in [0.4, 0.5) is 17.6 Å². The summed E-state index contributed by atoms with van der Waals surface area (Å²) in [6.45, 7) is 2.21. The lowest BCUT2D eigenvalue weighted by atomic mass is 10.2. The molecule has 2 aromatic carbocycles. The van der Waals surface area contributed by atoms with E-state index in [2.05, 4.69) is 4.74 Å². The van der Waals surface area contributed by atoms with E-state index in [4.69, 9.17) is 9.47 Å². The summed E-state index contributed by atoms with van der Waals surface area (Å²) in [5.41, 5.74) is 0.676. The Labute approximate surface area is 169 Å². The van der Waals surface area contributed by atoms with Crippen LogP contribution in [0, 0.1) is 0 Å². The molecule has 0 spiro atoms. The highest BCUT2D eigenvalue weighted by Gasteiger charge is 2.43. The predicted octanol–water partition coefficient (Wildman–Crippen LogP) is 5.11. The number of carbonyl (C=O) groups excluding carboxylic acids is 2. The molecule has 0 aliphatic rings. The van der Waals surface area contributed by atoms with Crippen molar-refractivity contribution in [1.29, 1.82) is 0 Å². The molecule has 0 amide bonds. The number of esters is 2. The molecule has 160 valence electrons. The standard InChI is InChI=1S/C21H18F4O5/c1-2-13-28-18(26)12-5-14-3-8-16(9-4-14)29-19(27)15-6-10-17(11-7-15)30-21(24,25)20(22)23/h3-12,20H,2,13H2,1H3. The SMILES string of the molecule is CCCOC(=O)C=Cc1ccc(OC(=O)c2ccc(OC(F)(F)C(F)F)cc2)cc1. The maximum atomic E-state index is 12.9. The van der Waals surface area contributed by atoms with E-state index in [1.165, 1.54) is 24.3 Å². The molecular weight excluding hydrogens is 408 g/mol. The molecule has 30 heavy (non-hydrogen) atoms. The lowest BCUT2D eigenvalue weighted by molar-refractivity contribution is -0.253. The third-order valence-electron chi connectivity index (χ3n) is 3.55. The first-order chi connectivity index (χ1) is 14.2. The third-order valence-corrected chi connectivity index (χ3v) is 3.55. The second kappa shape index (κ2) is 10.4. The summed E-state index contributed by atoms with van der Waals surface area (Å²) in [4.78, 5) is 23.5. The molecule has 0 aliphatic heterocycles. The van der Waals surface area contributed by atoms with Crippen LogP contribution in [-0.4, -0.2) is 31.1 Å². The number of rotatable bonds is 9. The summed E-state index contributed by atoms with van der Waals surface area (Å²) in [7, 11) is 0. The highest BCUT2D eigenvalue weighted by Crippen LogP contribution is 2.27. The van der Waals surface area contributed by atoms with Crippen molar-refractivity contribution in [2.75, 3.05) is 6.61 Å². The van der Waals surface area contributed by atoms with Gasteiger partial charge in [0.1, 0.15) is 11.5 Å². The summed E-state index contributed by atoms with van der Waals surface area (Å²) < 4.78 is 64.0. The molecule has 0 heterocycles. The topological polar surface area (TPSA) is 61.8 Å². The molecule has 0 fully saturated rings. The molecule has 5 nitrogen and oxygen atoms in total. The second-order valence-corrected chi connectivity index (χ2v) is 5.95. The monoisotopic (exact) mass is 426 g/mol. The zero-order valence-electron chi connectivity index (χ0n) is 15.8. The molecule has 9 heteroatoms. The lowest BCUT2D eigenvalue weighted by Crippen LogP contribution is -2.33. The molecule has 2 rings (SSSR count). The highest BCUT2D eigenvalue weighted by molar-refractivity contribution is 5.91. The molecule has 0 bridgehead atoms. The number of hydrogen-bond donors (Lipinski definition) is 0. The number of benzene rings is 2. The molecule has 0 aliphatic carbocycles. The fourth-order valence-electron chi connectivity index (χ4n) is 2.09. The second-order valence-electron chi connectivity index (χ2n) is 5.95. The van der Waals surface area contributed by atoms with Crippen molar-refractivity contribution in [3.63, 3.8) is 0 Å². The average molecular weight is 426 g/mol. The van der Waals surface area contributed by atoms with Gasteiger partial charge in [-0.15, -0.1) is 0 Å². The number of halogens is 4. The van der Waals surface area contributed by atoms with E-state index in [1.54, 1.807) is 12.1 Å². The summed E-state index contributed by atoms with van der Waals surface area (Å²) in [5, 5.41) is 0. The van der Waals surface area contributed by atoms with E-state index < -0.39 is 30.2 Å². The first-order valence-electron chi connectivity index (χ1n) is 8.83. The van der Waals surface area contributed by atoms with E-state index in [0.29, 0.717) is 12.2 Å². The minimum atomic E-state index is -4.63. The summed E-state index contributed by atoms with van der Waals surface area (Å²) in [6.07, 6.45) is -5.08. The predicted molar refractivity (Wildman–Crippen MR) is 99.7 cm³/mol. The number of ether oxygens (including phenoxy) is 3. The van der Waals surface area contributed by atoms with Crippen LogP contribution in [0.2, 0.25) is 0 Å². The van der Waals surface area contributed by atoms with Gasteiger partial charge in [-0.1, -0.05) is 19.1 Å².